The number of nitrogens with zero attached hydrogens (tertiary/aromatic N) is 1. The van der Waals surface area contributed by atoms with Crippen LogP contribution in [-0.2, 0) is 11.3 Å². The summed E-state index contributed by atoms with van der Waals surface area (Å²) < 4.78 is 19.5. The molecule has 2 unspecified atom stereocenters. The van der Waals surface area contributed by atoms with Gasteiger partial charge in [0, 0.05) is 30.9 Å². The first-order valence-electron chi connectivity index (χ1n) is 7.53. The van der Waals surface area contributed by atoms with Crippen LogP contribution in [0.4, 0.5) is 10.1 Å². The number of halogens is 1. The van der Waals surface area contributed by atoms with Crippen molar-refractivity contribution in [3.05, 3.63) is 29.6 Å². The number of nitrogens with one attached hydrogen (secondary N) is 1. The molecule has 0 bridgehead atoms. The standard InChI is InChI=1S/C16H23FN2O/c1-11-10-20-12(2)9-19(11)16-6-13(5-14(17)7-16)8-18-15-3-4-15/h5-7,11-12,15,18H,3-4,8-10H2,1-2H3. The zero-order valence-corrected chi connectivity index (χ0v) is 12.2. The van der Waals surface area contributed by atoms with Crippen LogP contribution in [0.2, 0.25) is 0 Å². The van der Waals surface area contributed by atoms with Gasteiger partial charge < -0.3 is 15.0 Å². The molecule has 1 aliphatic heterocycles. The molecule has 1 N–H and O–H groups in total. The second kappa shape index (κ2) is 5.70. The molecule has 1 aromatic rings. The van der Waals surface area contributed by atoms with Crippen molar-refractivity contribution in [1.82, 2.24) is 5.32 Å². The average Bonchev–Trinajstić information content (AvgIpc) is 3.23. The van der Waals surface area contributed by atoms with Gasteiger partial charge in [0.1, 0.15) is 5.82 Å². The van der Waals surface area contributed by atoms with Gasteiger partial charge in [-0.2, -0.15) is 0 Å². The molecular weight excluding hydrogens is 255 g/mol. The molecule has 0 spiro atoms. The maximum atomic E-state index is 13.9. The van der Waals surface area contributed by atoms with E-state index in [-0.39, 0.29) is 18.0 Å². The normalized spacial score (nSPS) is 26.9. The smallest absolute Gasteiger partial charge is 0.125 e. The third kappa shape index (κ3) is 3.30. The van der Waals surface area contributed by atoms with Crippen LogP contribution < -0.4 is 10.2 Å². The predicted octanol–water partition coefficient (Wildman–Crippen LogP) is 2.69. The van der Waals surface area contributed by atoms with Crippen LogP contribution in [0.15, 0.2) is 18.2 Å². The minimum atomic E-state index is -0.151. The van der Waals surface area contributed by atoms with Crippen molar-refractivity contribution in [3.8, 4) is 0 Å². The molecule has 1 aromatic carbocycles. The highest BCUT2D eigenvalue weighted by molar-refractivity contribution is 5.50. The van der Waals surface area contributed by atoms with E-state index >= 15 is 0 Å². The average molecular weight is 278 g/mol. The number of anilines is 1. The first-order valence-corrected chi connectivity index (χ1v) is 7.53. The summed E-state index contributed by atoms with van der Waals surface area (Å²) >= 11 is 0. The molecule has 2 aliphatic rings. The molecule has 1 saturated heterocycles. The fourth-order valence-corrected chi connectivity index (χ4v) is 2.71. The molecule has 110 valence electrons. The Morgan fingerprint density at radius 2 is 2.10 bits per heavy atom. The zero-order valence-electron chi connectivity index (χ0n) is 12.2. The Morgan fingerprint density at radius 1 is 1.30 bits per heavy atom. The van der Waals surface area contributed by atoms with Gasteiger partial charge in [-0.15, -0.1) is 0 Å². The van der Waals surface area contributed by atoms with E-state index in [2.05, 4.69) is 30.1 Å². The van der Waals surface area contributed by atoms with Crippen molar-refractivity contribution >= 4 is 5.69 Å². The van der Waals surface area contributed by atoms with E-state index in [0.29, 0.717) is 12.6 Å². The van der Waals surface area contributed by atoms with E-state index in [9.17, 15) is 4.39 Å². The minimum absolute atomic E-state index is 0.151. The van der Waals surface area contributed by atoms with Crippen molar-refractivity contribution in [2.24, 2.45) is 0 Å². The van der Waals surface area contributed by atoms with E-state index in [1.54, 1.807) is 12.1 Å². The summed E-state index contributed by atoms with van der Waals surface area (Å²) in [5.41, 5.74) is 2.00. The topological polar surface area (TPSA) is 24.5 Å². The maximum Gasteiger partial charge on any atom is 0.125 e. The van der Waals surface area contributed by atoms with Gasteiger partial charge in [-0.25, -0.2) is 4.39 Å². The van der Waals surface area contributed by atoms with Crippen molar-refractivity contribution < 1.29 is 9.13 Å². The van der Waals surface area contributed by atoms with Gasteiger partial charge in [0.25, 0.3) is 0 Å². The van der Waals surface area contributed by atoms with Crippen LogP contribution in [0, 0.1) is 5.82 Å². The van der Waals surface area contributed by atoms with Crippen molar-refractivity contribution in [1.29, 1.82) is 0 Å². The number of morpholine rings is 1. The van der Waals surface area contributed by atoms with E-state index in [4.69, 9.17) is 4.74 Å². The van der Waals surface area contributed by atoms with Crippen LogP contribution in [0.5, 0.6) is 0 Å². The van der Waals surface area contributed by atoms with E-state index < -0.39 is 0 Å². The highest BCUT2D eigenvalue weighted by atomic mass is 19.1. The number of hydrogen-bond donors (Lipinski definition) is 1. The van der Waals surface area contributed by atoms with Crippen LogP contribution in [0.25, 0.3) is 0 Å². The summed E-state index contributed by atoms with van der Waals surface area (Å²) in [5, 5.41) is 3.44. The first-order chi connectivity index (χ1) is 9.61. The summed E-state index contributed by atoms with van der Waals surface area (Å²) in [7, 11) is 0. The molecule has 3 rings (SSSR count). The number of hydrogen-bond acceptors (Lipinski definition) is 3. The second-order valence-corrected chi connectivity index (χ2v) is 6.12. The molecular formula is C16H23FN2O. The summed E-state index contributed by atoms with van der Waals surface area (Å²) in [6.45, 7) is 6.46. The summed E-state index contributed by atoms with van der Waals surface area (Å²) in [4.78, 5) is 2.25. The lowest BCUT2D eigenvalue weighted by Crippen LogP contribution is -2.47. The van der Waals surface area contributed by atoms with E-state index in [1.165, 1.54) is 12.8 Å². The van der Waals surface area contributed by atoms with E-state index in [0.717, 1.165) is 24.3 Å². The number of benzene rings is 1. The van der Waals surface area contributed by atoms with Gasteiger partial charge in [-0.3, -0.25) is 0 Å². The van der Waals surface area contributed by atoms with Gasteiger partial charge >= 0.3 is 0 Å². The Hall–Kier alpha value is -1.13. The summed E-state index contributed by atoms with van der Waals surface area (Å²) in [5.74, 6) is -0.151. The SMILES string of the molecule is CC1CN(c2cc(F)cc(CNC3CC3)c2)C(C)CO1. The fourth-order valence-electron chi connectivity index (χ4n) is 2.71. The predicted molar refractivity (Wildman–Crippen MR) is 78.5 cm³/mol. The van der Waals surface area contributed by atoms with Crippen molar-refractivity contribution in [2.75, 3.05) is 18.1 Å². The Kier molecular flexibility index (Phi) is 3.94. The third-order valence-corrected chi connectivity index (χ3v) is 4.05. The molecule has 3 nitrogen and oxygen atoms in total. The lowest BCUT2D eigenvalue weighted by Gasteiger charge is -2.38. The number of rotatable bonds is 4. The van der Waals surface area contributed by atoms with Crippen LogP contribution in [0.1, 0.15) is 32.3 Å². The molecule has 0 radical (unpaired) electrons. The van der Waals surface area contributed by atoms with Gasteiger partial charge in [-0.05, 0) is 50.5 Å². The quantitative estimate of drug-likeness (QED) is 0.916. The van der Waals surface area contributed by atoms with Crippen LogP contribution >= 0.6 is 0 Å². The lowest BCUT2D eigenvalue weighted by molar-refractivity contribution is 0.0343. The van der Waals surface area contributed by atoms with Gasteiger partial charge in [0.05, 0.1) is 12.7 Å². The summed E-state index contributed by atoms with van der Waals surface area (Å²) in [6.07, 6.45) is 2.70. The van der Waals surface area contributed by atoms with Gasteiger partial charge in [0.2, 0.25) is 0 Å². The Labute approximate surface area is 120 Å². The molecule has 0 amide bonds. The highest BCUT2D eigenvalue weighted by Gasteiger charge is 2.24. The zero-order chi connectivity index (χ0) is 14.1. The molecule has 0 aromatic heterocycles. The van der Waals surface area contributed by atoms with Gasteiger partial charge in [-0.1, -0.05) is 0 Å². The first kappa shape index (κ1) is 13.8. The molecule has 1 saturated carbocycles. The van der Waals surface area contributed by atoms with Gasteiger partial charge in [0.15, 0.2) is 0 Å². The monoisotopic (exact) mass is 278 g/mol. The van der Waals surface area contributed by atoms with Crippen LogP contribution in [0.3, 0.4) is 0 Å². The van der Waals surface area contributed by atoms with Crippen molar-refractivity contribution in [2.45, 2.75) is 51.4 Å². The molecule has 1 aliphatic carbocycles. The highest BCUT2D eigenvalue weighted by Crippen LogP contribution is 2.25. The molecule has 2 fully saturated rings. The minimum Gasteiger partial charge on any atom is -0.375 e. The Bertz CT molecular complexity index is 476. The lowest BCUT2D eigenvalue weighted by atomic mass is 10.1. The molecule has 4 heteroatoms. The Morgan fingerprint density at radius 3 is 2.85 bits per heavy atom. The molecule has 2 atom stereocenters. The van der Waals surface area contributed by atoms with E-state index in [1.807, 2.05) is 0 Å². The van der Waals surface area contributed by atoms with Crippen LogP contribution in [-0.4, -0.2) is 31.3 Å². The third-order valence-electron chi connectivity index (χ3n) is 4.05. The maximum absolute atomic E-state index is 13.9. The summed E-state index contributed by atoms with van der Waals surface area (Å²) in [6, 6.07) is 6.30. The van der Waals surface area contributed by atoms with Crippen molar-refractivity contribution in [3.63, 3.8) is 0 Å². The number of ether oxygens (including phenoxy) is 1. The Balaban J connectivity index is 1.76. The molecule has 20 heavy (non-hydrogen) atoms. The molecule has 1 heterocycles. The second-order valence-electron chi connectivity index (χ2n) is 6.12. The largest absolute Gasteiger partial charge is 0.375 e. The fraction of sp³-hybridized carbons (Fsp3) is 0.625.